The molecule has 0 aliphatic carbocycles. The van der Waals surface area contributed by atoms with Gasteiger partial charge < -0.3 is 18.9 Å². The number of hydrogen-bond donors (Lipinski definition) is 0. The van der Waals surface area contributed by atoms with Crippen LogP contribution in [0.15, 0.2) is 89.8 Å². The van der Waals surface area contributed by atoms with E-state index in [-0.39, 0.29) is 23.7 Å². The predicted molar refractivity (Wildman–Crippen MR) is 128 cm³/mol. The minimum Gasteiger partial charge on any atom is -0.374 e. The second-order valence-electron chi connectivity index (χ2n) is 7.94. The Morgan fingerprint density at radius 2 is 1.44 bits per heavy atom. The Hall–Kier alpha value is -2.15. The fourth-order valence-corrected chi connectivity index (χ4v) is 5.03. The van der Waals surface area contributed by atoms with Gasteiger partial charge in [0.05, 0.1) is 25.1 Å². The van der Waals surface area contributed by atoms with Crippen molar-refractivity contribution in [3.8, 4) is 0 Å². The molecule has 32 heavy (non-hydrogen) atoms. The minimum absolute atomic E-state index is 0.00302. The molecule has 0 saturated carbocycles. The normalized spacial score (nSPS) is 22.8. The van der Waals surface area contributed by atoms with E-state index in [1.54, 1.807) is 18.9 Å². The summed E-state index contributed by atoms with van der Waals surface area (Å²) < 4.78 is 24.4. The predicted octanol–water partition coefficient (Wildman–Crippen LogP) is 5.63. The SMILES string of the molecule is CO[C@H]1O[C@H](COCc2ccccc2)[C@@H](OCc2ccccc2)[C@@H]1Sc1ccc(C)cc1. The Bertz CT molecular complexity index is 933. The number of ether oxygens (including phenoxy) is 4. The fourth-order valence-electron chi connectivity index (χ4n) is 3.75. The average molecular weight is 451 g/mol. The fraction of sp³-hybridized carbons (Fsp3) is 0.333. The lowest BCUT2D eigenvalue weighted by Crippen LogP contribution is -2.35. The van der Waals surface area contributed by atoms with E-state index in [1.807, 2.05) is 36.4 Å². The maximum absolute atomic E-state index is 6.44. The number of aryl methyl sites for hydroxylation is 1. The van der Waals surface area contributed by atoms with Gasteiger partial charge in [-0.3, -0.25) is 0 Å². The van der Waals surface area contributed by atoms with Crippen LogP contribution in [0.3, 0.4) is 0 Å². The van der Waals surface area contributed by atoms with E-state index in [4.69, 9.17) is 18.9 Å². The molecular formula is C27H30O4S. The monoisotopic (exact) mass is 450 g/mol. The Morgan fingerprint density at radius 1 is 0.812 bits per heavy atom. The van der Waals surface area contributed by atoms with Crippen LogP contribution in [0.2, 0.25) is 0 Å². The van der Waals surface area contributed by atoms with Gasteiger partial charge in [-0.15, -0.1) is 11.8 Å². The quantitative estimate of drug-likeness (QED) is 0.400. The van der Waals surface area contributed by atoms with Gasteiger partial charge in [0.15, 0.2) is 6.29 Å². The molecule has 5 heteroatoms. The molecule has 1 heterocycles. The number of rotatable bonds is 10. The molecule has 3 aromatic carbocycles. The van der Waals surface area contributed by atoms with E-state index in [2.05, 4.69) is 55.5 Å². The van der Waals surface area contributed by atoms with Crippen LogP contribution in [0.1, 0.15) is 16.7 Å². The molecule has 0 spiro atoms. The minimum atomic E-state index is -0.368. The molecule has 0 amide bonds. The van der Waals surface area contributed by atoms with Gasteiger partial charge in [0, 0.05) is 12.0 Å². The zero-order valence-corrected chi connectivity index (χ0v) is 19.4. The first-order valence-electron chi connectivity index (χ1n) is 10.9. The van der Waals surface area contributed by atoms with Gasteiger partial charge in [0.25, 0.3) is 0 Å². The summed E-state index contributed by atoms with van der Waals surface area (Å²) in [7, 11) is 1.69. The Morgan fingerprint density at radius 3 is 2.06 bits per heavy atom. The van der Waals surface area contributed by atoms with Crippen molar-refractivity contribution >= 4 is 11.8 Å². The second-order valence-corrected chi connectivity index (χ2v) is 9.19. The molecule has 0 radical (unpaired) electrons. The number of benzene rings is 3. The summed E-state index contributed by atoms with van der Waals surface area (Å²) in [5.74, 6) is 0. The molecule has 0 aromatic heterocycles. The lowest BCUT2D eigenvalue weighted by Gasteiger charge is -2.24. The number of thioether (sulfide) groups is 1. The molecule has 168 valence electrons. The van der Waals surface area contributed by atoms with Crippen molar-refractivity contribution in [1.29, 1.82) is 0 Å². The third-order valence-electron chi connectivity index (χ3n) is 5.47. The molecule has 1 saturated heterocycles. The van der Waals surface area contributed by atoms with E-state index in [0.29, 0.717) is 19.8 Å². The third kappa shape index (κ3) is 6.21. The molecule has 1 aliphatic heterocycles. The third-order valence-corrected chi connectivity index (χ3v) is 6.78. The van der Waals surface area contributed by atoms with Crippen LogP contribution in [-0.2, 0) is 32.2 Å². The molecular weight excluding hydrogens is 420 g/mol. The highest BCUT2D eigenvalue weighted by atomic mass is 32.2. The molecule has 1 fully saturated rings. The molecule has 0 unspecified atom stereocenters. The molecule has 0 N–H and O–H groups in total. The van der Waals surface area contributed by atoms with Gasteiger partial charge in [-0.05, 0) is 30.2 Å². The summed E-state index contributed by atoms with van der Waals surface area (Å²) in [5, 5.41) is -0.00302. The van der Waals surface area contributed by atoms with Crippen LogP contribution in [0.25, 0.3) is 0 Å². The highest BCUT2D eigenvalue weighted by molar-refractivity contribution is 8.00. The van der Waals surface area contributed by atoms with E-state index >= 15 is 0 Å². The Labute approximate surface area is 194 Å². The second kappa shape index (κ2) is 11.6. The largest absolute Gasteiger partial charge is 0.374 e. The summed E-state index contributed by atoms with van der Waals surface area (Å²) in [6.45, 7) is 3.60. The zero-order valence-electron chi connectivity index (χ0n) is 18.6. The topological polar surface area (TPSA) is 36.9 Å². The lowest BCUT2D eigenvalue weighted by molar-refractivity contribution is -0.136. The van der Waals surface area contributed by atoms with Crippen LogP contribution in [-0.4, -0.2) is 37.5 Å². The first kappa shape index (κ1) is 23.0. The van der Waals surface area contributed by atoms with Crippen molar-refractivity contribution < 1.29 is 18.9 Å². The summed E-state index contributed by atoms with van der Waals surface area (Å²) in [5.41, 5.74) is 3.52. The standard InChI is InChI=1S/C27H30O4S/c1-20-13-15-23(16-14-20)32-26-25(30-18-22-11-7-4-8-12-22)24(31-27(26)28-2)19-29-17-21-9-5-3-6-10-21/h3-16,24-27H,17-19H2,1-2H3/t24-,25-,26+,27+/m1/s1. The van der Waals surface area contributed by atoms with Crippen molar-refractivity contribution in [2.24, 2.45) is 0 Å². The Balaban J connectivity index is 1.46. The number of hydrogen-bond acceptors (Lipinski definition) is 5. The summed E-state index contributed by atoms with van der Waals surface area (Å²) in [6.07, 6.45) is -0.745. The lowest BCUT2D eigenvalue weighted by atomic mass is 10.1. The maximum Gasteiger partial charge on any atom is 0.172 e. The van der Waals surface area contributed by atoms with Crippen LogP contribution in [0.5, 0.6) is 0 Å². The molecule has 0 bridgehead atoms. The van der Waals surface area contributed by atoms with Gasteiger partial charge in [-0.25, -0.2) is 0 Å². The van der Waals surface area contributed by atoms with Crippen LogP contribution < -0.4 is 0 Å². The van der Waals surface area contributed by atoms with Crippen LogP contribution in [0, 0.1) is 6.92 Å². The van der Waals surface area contributed by atoms with Gasteiger partial charge in [0.2, 0.25) is 0 Å². The van der Waals surface area contributed by atoms with Crippen molar-refractivity contribution in [2.75, 3.05) is 13.7 Å². The highest BCUT2D eigenvalue weighted by Gasteiger charge is 2.46. The van der Waals surface area contributed by atoms with E-state index in [9.17, 15) is 0 Å². The molecule has 3 aromatic rings. The van der Waals surface area contributed by atoms with Gasteiger partial charge in [0.1, 0.15) is 12.2 Å². The maximum atomic E-state index is 6.44. The van der Waals surface area contributed by atoms with E-state index < -0.39 is 0 Å². The average Bonchev–Trinajstić information content (AvgIpc) is 3.16. The van der Waals surface area contributed by atoms with Gasteiger partial charge in [-0.2, -0.15) is 0 Å². The van der Waals surface area contributed by atoms with Crippen molar-refractivity contribution in [1.82, 2.24) is 0 Å². The van der Waals surface area contributed by atoms with Crippen LogP contribution in [0.4, 0.5) is 0 Å². The van der Waals surface area contributed by atoms with Gasteiger partial charge in [-0.1, -0.05) is 78.4 Å². The van der Waals surface area contributed by atoms with Crippen LogP contribution >= 0.6 is 11.8 Å². The van der Waals surface area contributed by atoms with E-state index in [0.717, 1.165) is 11.1 Å². The molecule has 4 nitrogen and oxygen atoms in total. The van der Waals surface area contributed by atoms with Crippen molar-refractivity contribution in [3.05, 3.63) is 102 Å². The smallest absolute Gasteiger partial charge is 0.172 e. The first-order valence-corrected chi connectivity index (χ1v) is 11.8. The zero-order chi connectivity index (χ0) is 22.2. The summed E-state index contributed by atoms with van der Waals surface area (Å²) >= 11 is 1.74. The summed E-state index contributed by atoms with van der Waals surface area (Å²) in [6, 6.07) is 28.9. The molecule has 4 rings (SSSR count). The Kier molecular flexibility index (Phi) is 8.37. The van der Waals surface area contributed by atoms with Crippen molar-refractivity contribution in [3.63, 3.8) is 0 Å². The molecule has 1 aliphatic rings. The van der Waals surface area contributed by atoms with Gasteiger partial charge >= 0.3 is 0 Å². The summed E-state index contributed by atoms with van der Waals surface area (Å²) in [4.78, 5) is 1.17. The van der Waals surface area contributed by atoms with E-state index in [1.165, 1.54) is 10.5 Å². The first-order chi connectivity index (χ1) is 15.7. The van der Waals surface area contributed by atoms with Crippen molar-refractivity contribution in [2.45, 2.75) is 48.8 Å². The highest BCUT2D eigenvalue weighted by Crippen LogP contribution is 2.38. The number of methoxy groups -OCH3 is 1. The molecule has 4 atom stereocenters.